The molecule has 0 aromatic heterocycles. The molecule has 0 heterocycles. The summed E-state index contributed by atoms with van der Waals surface area (Å²) in [7, 11) is 0. The summed E-state index contributed by atoms with van der Waals surface area (Å²) in [6, 6.07) is 0. The third-order valence-corrected chi connectivity index (χ3v) is 1.15. The lowest BCUT2D eigenvalue weighted by atomic mass is 10.5. The van der Waals surface area contributed by atoms with Gasteiger partial charge in [0, 0.05) is 6.92 Å². The fourth-order valence-corrected chi connectivity index (χ4v) is 0.398. The summed E-state index contributed by atoms with van der Waals surface area (Å²) in [6.07, 6.45) is 1.42. The van der Waals surface area contributed by atoms with Gasteiger partial charge >= 0.3 is 0 Å². The van der Waals surface area contributed by atoms with Crippen LogP contribution in [-0.4, -0.2) is 11.8 Å². The fraction of sp³-hybridized carbons (Fsp3) is 0.333. The molecule has 0 aromatic rings. The average molecular weight is 162 g/mol. The molecule has 0 radical (unpaired) electrons. The summed E-state index contributed by atoms with van der Waals surface area (Å²) < 4.78 is 0. The van der Waals surface area contributed by atoms with Gasteiger partial charge in [-0.2, -0.15) is 0 Å². The Morgan fingerprint density at radius 1 is 1.50 bits per heavy atom. The molecule has 0 aliphatic carbocycles. The minimum absolute atomic E-state index is 0.0233. The van der Waals surface area contributed by atoms with Gasteiger partial charge in [0.05, 0.1) is 0 Å². The lowest BCUT2D eigenvalue weighted by Gasteiger charge is -1.96. The Balaban J connectivity index is 3.99. The Morgan fingerprint density at radius 3 is 2.30 bits per heavy atom. The molecule has 10 heavy (non-hydrogen) atoms. The van der Waals surface area contributed by atoms with Crippen molar-refractivity contribution in [2.45, 2.75) is 13.8 Å². The van der Waals surface area contributed by atoms with Gasteiger partial charge in [0.2, 0.25) is 5.91 Å². The minimum Gasteiger partial charge on any atom is -0.292 e. The Morgan fingerprint density at radius 2 is 2.00 bits per heavy atom. The van der Waals surface area contributed by atoms with E-state index in [4.69, 9.17) is 11.6 Å². The lowest BCUT2D eigenvalue weighted by Crippen LogP contribution is -2.27. The molecule has 0 aromatic carbocycles. The van der Waals surface area contributed by atoms with Crippen molar-refractivity contribution in [1.82, 2.24) is 5.32 Å². The maximum absolute atomic E-state index is 10.7. The second-order valence-electron chi connectivity index (χ2n) is 1.65. The smallest absolute Gasteiger partial charge is 0.268 e. The van der Waals surface area contributed by atoms with E-state index in [2.05, 4.69) is 0 Å². The van der Waals surface area contributed by atoms with Crippen LogP contribution in [0.3, 0.4) is 0 Å². The number of nitrogens with one attached hydrogen (secondary N) is 1. The predicted molar refractivity (Wildman–Crippen MR) is 38.4 cm³/mol. The van der Waals surface area contributed by atoms with Gasteiger partial charge in [-0.05, 0) is 6.92 Å². The summed E-state index contributed by atoms with van der Waals surface area (Å²) in [5.74, 6) is -0.971. The van der Waals surface area contributed by atoms with E-state index in [1.54, 1.807) is 6.92 Å². The molecule has 3 nitrogen and oxygen atoms in total. The number of allylic oxidation sites excluding steroid dienone is 1. The molecule has 0 saturated carbocycles. The lowest BCUT2D eigenvalue weighted by molar-refractivity contribution is -0.126. The van der Waals surface area contributed by atoms with Crippen molar-refractivity contribution >= 4 is 23.4 Å². The van der Waals surface area contributed by atoms with Crippen molar-refractivity contribution in [1.29, 1.82) is 0 Å². The molecule has 2 amide bonds. The first-order valence-corrected chi connectivity index (χ1v) is 3.09. The topological polar surface area (TPSA) is 46.2 Å². The van der Waals surface area contributed by atoms with Gasteiger partial charge in [0.1, 0.15) is 5.03 Å². The molecule has 56 valence electrons. The van der Waals surface area contributed by atoms with Crippen LogP contribution in [-0.2, 0) is 9.59 Å². The van der Waals surface area contributed by atoms with Crippen LogP contribution in [0.1, 0.15) is 13.8 Å². The summed E-state index contributed by atoms with van der Waals surface area (Å²) in [5, 5.41) is 2.04. The molecule has 0 rings (SSSR count). The normalized spacial score (nSPS) is 10.9. The molecule has 0 saturated heterocycles. The monoisotopic (exact) mass is 161 g/mol. The molecule has 0 bridgehead atoms. The maximum atomic E-state index is 10.7. The van der Waals surface area contributed by atoms with Crippen LogP contribution in [0.15, 0.2) is 11.1 Å². The second kappa shape index (κ2) is 4.06. The highest BCUT2D eigenvalue weighted by Gasteiger charge is 2.05. The van der Waals surface area contributed by atoms with Crippen LogP contribution in [0.2, 0.25) is 0 Å². The van der Waals surface area contributed by atoms with Crippen LogP contribution >= 0.6 is 11.6 Å². The van der Waals surface area contributed by atoms with E-state index in [1.807, 2.05) is 5.32 Å². The highest BCUT2D eigenvalue weighted by Crippen LogP contribution is 1.98. The highest BCUT2D eigenvalue weighted by molar-refractivity contribution is 6.42. The number of amides is 2. The van der Waals surface area contributed by atoms with Crippen LogP contribution < -0.4 is 5.32 Å². The Bertz CT molecular complexity index is 186. The Kier molecular flexibility index (Phi) is 3.72. The van der Waals surface area contributed by atoms with Gasteiger partial charge in [0.25, 0.3) is 5.91 Å². The number of hydrogen-bond donors (Lipinski definition) is 1. The molecular weight excluding hydrogens is 154 g/mol. The van der Waals surface area contributed by atoms with E-state index in [0.717, 1.165) is 0 Å². The molecule has 0 atom stereocenters. The number of carbonyl (C=O) groups excluding carboxylic acids is 2. The molecule has 0 fully saturated rings. The van der Waals surface area contributed by atoms with Gasteiger partial charge in [0.15, 0.2) is 0 Å². The molecular formula is C6H8ClNO2. The first-order valence-electron chi connectivity index (χ1n) is 2.71. The van der Waals surface area contributed by atoms with Gasteiger partial charge < -0.3 is 0 Å². The van der Waals surface area contributed by atoms with Gasteiger partial charge in [-0.1, -0.05) is 17.7 Å². The Hall–Kier alpha value is -0.830. The standard InChI is InChI=1S/C6H8ClNO2/c1-3-5(7)6(10)8-4(2)9/h3H,1-2H3,(H,8,9,10)/b5-3+. The second-order valence-corrected chi connectivity index (χ2v) is 2.05. The highest BCUT2D eigenvalue weighted by atomic mass is 35.5. The zero-order chi connectivity index (χ0) is 8.15. The summed E-state index contributed by atoms with van der Waals surface area (Å²) in [4.78, 5) is 20.9. The largest absolute Gasteiger partial charge is 0.292 e. The van der Waals surface area contributed by atoms with E-state index in [9.17, 15) is 9.59 Å². The van der Waals surface area contributed by atoms with Crippen molar-refractivity contribution in [3.8, 4) is 0 Å². The van der Waals surface area contributed by atoms with Crippen molar-refractivity contribution in [3.05, 3.63) is 11.1 Å². The first-order chi connectivity index (χ1) is 4.57. The van der Waals surface area contributed by atoms with E-state index >= 15 is 0 Å². The quantitative estimate of drug-likeness (QED) is 0.578. The number of rotatable bonds is 1. The van der Waals surface area contributed by atoms with Crippen LogP contribution in [0.4, 0.5) is 0 Å². The van der Waals surface area contributed by atoms with Crippen molar-refractivity contribution in [2.24, 2.45) is 0 Å². The average Bonchev–Trinajstić information content (AvgIpc) is 1.85. The molecule has 0 aliphatic rings. The third kappa shape index (κ3) is 3.25. The van der Waals surface area contributed by atoms with Crippen molar-refractivity contribution in [3.63, 3.8) is 0 Å². The van der Waals surface area contributed by atoms with E-state index in [1.165, 1.54) is 13.0 Å². The summed E-state index contributed by atoms with van der Waals surface area (Å²) in [5.41, 5.74) is 0. The minimum atomic E-state index is -0.559. The van der Waals surface area contributed by atoms with Gasteiger partial charge in [-0.3, -0.25) is 14.9 Å². The number of imide groups is 1. The van der Waals surface area contributed by atoms with E-state index < -0.39 is 11.8 Å². The maximum Gasteiger partial charge on any atom is 0.268 e. The zero-order valence-electron chi connectivity index (χ0n) is 5.77. The molecule has 0 unspecified atom stereocenters. The summed E-state index contributed by atoms with van der Waals surface area (Å²) in [6.45, 7) is 2.86. The molecule has 0 aliphatic heterocycles. The van der Waals surface area contributed by atoms with Gasteiger partial charge in [-0.15, -0.1) is 0 Å². The SMILES string of the molecule is C/C=C(/Cl)C(=O)NC(C)=O. The molecule has 1 N–H and O–H groups in total. The fourth-order valence-electron chi connectivity index (χ4n) is 0.351. The van der Waals surface area contributed by atoms with Crippen LogP contribution in [0.25, 0.3) is 0 Å². The number of halogens is 1. The van der Waals surface area contributed by atoms with Crippen LogP contribution in [0.5, 0.6) is 0 Å². The van der Waals surface area contributed by atoms with Crippen LogP contribution in [0, 0.1) is 0 Å². The van der Waals surface area contributed by atoms with E-state index in [0.29, 0.717) is 0 Å². The van der Waals surface area contributed by atoms with Crippen molar-refractivity contribution in [2.75, 3.05) is 0 Å². The third-order valence-electron chi connectivity index (χ3n) is 0.760. The first kappa shape index (κ1) is 9.17. The predicted octanol–water partition coefficient (Wildman–Crippen LogP) is 0.792. The van der Waals surface area contributed by atoms with E-state index in [-0.39, 0.29) is 5.03 Å². The number of carbonyl (C=O) groups is 2. The summed E-state index contributed by atoms with van der Waals surface area (Å²) >= 11 is 5.36. The number of hydrogen-bond acceptors (Lipinski definition) is 2. The Labute approximate surface area is 64.1 Å². The van der Waals surface area contributed by atoms with Crippen molar-refractivity contribution < 1.29 is 9.59 Å². The molecule has 0 spiro atoms. The van der Waals surface area contributed by atoms with Gasteiger partial charge in [-0.25, -0.2) is 0 Å². The molecule has 4 heteroatoms. The zero-order valence-corrected chi connectivity index (χ0v) is 6.53.